The molecule has 21 heavy (non-hydrogen) atoms. The largest absolute Gasteiger partial charge is 0.492 e. The van der Waals surface area contributed by atoms with E-state index in [-0.39, 0.29) is 24.1 Å². The average molecular weight is 321 g/mol. The molecule has 0 aliphatic rings. The highest BCUT2D eigenvalue weighted by molar-refractivity contribution is 8.00. The molecule has 0 aliphatic carbocycles. The summed E-state index contributed by atoms with van der Waals surface area (Å²) in [5, 5.41) is 3.33. The monoisotopic (exact) mass is 321 g/mol. The molecular formula is C15H22F3NOS. The van der Waals surface area contributed by atoms with Crippen LogP contribution in [0.25, 0.3) is 0 Å². The molecule has 0 bridgehead atoms. The van der Waals surface area contributed by atoms with E-state index >= 15 is 0 Å². The molecule has 1 N–H and O–H groups in total. The first kappa shape index (κ1) is 18.2. The first-order chi connectivity index (χ1) is 9.83. The third kappa shape index (κ3) is 7.09. The minimum Gasteiger partial charge on any atom is -0.492 e. The first-order valence-corrected chi connectivity index (χ1v) is 7.96. The van der Waals surface area contributed by atoms with Gasteiger partial charge in [-0.25, -0.2) is 0 Å². The van der Waals surface area contributed by atoms with E-state index < -0.39 is 5.51 Å². The third-order valence-corrected chi connectivity index (χ3v) is 3.57. The van der Waals surface area contributed by atoms with Crippen LogP contribution in [-0.2, 0) is 6.54 Å². The van der Waals surface area contributed by atoms with E-state index in [4.69, 9.17) is 4.74 Å². The summed E-state index contributed by atoms with van der Waals surface area (Å²) in [6, 6.07) is 4.03. The van der Waals surface area contributed by atoms with Gasteiger partial charge in [0.25, 0.3) is 0 Å². The standard InChI is InChI=1S/C15H22F3NOS/c1-4-5-19-10-13-8-11(2)14(12(3)9-13)20-6-7-21-15(16,17)18/h8-9,19H,4-7,10H2,1-3H3. The zero-order valence-corrected chi connectivity index (χ0v) is 13.5. The molecule has 1 rings (SSSR count). The molecule has 0 saturated heterocycles. The topological polar surface area (TPSA) is 21.3 Å². The van der Waals surface area contributed by atoms with E-state index in [1.807, 2.05) is 26.0 Å². The maximum atomic E-state index is 12.0. The van der Waals surface area contributed by atoms with Crippen molar-refractivity contribution in [2.75, 3.05) is 18.9 Å². The summed E-state index contributed by atoms with van der Waals surface area (Å²) in [7, 11) is 0. The Kier molecular flexibility index (Phi) is 7.39. The number of hydrogen-bond donors (Lipinski definition) is 1. The molecule has 0 aliphatic heterocycles. The summed E-state index contributed by atoms with van der Waals surface area (Å²) in [4.78, 5) is 0. The predicted molar refractivity (Wildman–Crippen MR) is 81.9 cm³/mol. The minimum atomic E-state index is -4.19. The maximum Gasteiger partial charge on any atom is 0.441 e. The summed E-state index contributed by atoms with van der Waals surface area (Å²) in [6.07, 6.45) is 1.08. The maximum absolute atomic E-state index is 12.0. The fourth-order valence-corrected chi connectivity index (χ4v) is 2.48. The Balaban J connectivity index is 2.55. The van der Waals surface area contributed by atoms with Gasteiger partial charge in [-0.3, -0.25) is 0 Å². The van der Waals surface area contributed by atoms with Crippen molar-refractivity contribution in [2.45, 2.75) is 39.2 Å². The molecule has 1 aromatic carbocycles. The quantitative estimate of drug-likeness (QED) is 0.716. The molecule has 1 aromatic rings. The van der Waals surface area contributed by atoms with Crippen LogP contribution < -0.4 is 10.1 Å². The van der Waals surface area contributed by atoms with E-state index in [0.717, 1.165) is 36.2 Å². The van der Waals surface area contributed by atoms with E-state index in [2.05, 4.69) is 12.2 Å². The second-order valence-electron chi connectivity index (χ2n) is 4.88. The minimum absolute atomic E-state index is 0.0537. The van der Waals surface area contributed by atoms with Gasteiger partial charge in [-0.2, -0.15) is 13.2 Å². The molecule has 2 nitrogen and oxygen atoms in total. The Hall–Kier alpha value is -0.880. The van der Waals surface area contributed by atoms with Crippen molar-refractivity contribution >= 4 is 11.8 Å². The fourth-order valence-electron chi connectivity index (χ4n) is 2.08. The summed E-state index contributed by atoms with van der Waals surface area (Å²) in [5.41, 5.74) is -1.11. The van der Waals surface area contributed by atoms with Gasteiger partial charge < -0.3 is 10.1 Å². The van der Waals surface area contributed by atoms with Gasteiger partial charge in [0.2, 0.25) is 0 Å². The van der Waals surface area contributed by atoms with Crippen LogP contribution in [0.5, 0.6) is 5.75 Å². The van der Waals surface area contributed by atoms with Gasteiger partial charge in [0.1, 0.15) is 5.75 Å². The number of aryl methyl sites for hydroxylation is 2. The molecule has 0 aromatic heterocycles. The van der Waals surface area contributed by atoms with Crippen molar-refractivity contribution in [3.8, 4) is 5.75 Å². The Labute approximate surface area is 128 Å². The highest BCUT2D eigenvalue weighted by atomic mass is 32.2. The van der Waals surface area contributed by atoms with E-state index in [9.17, 15) is 13.2 Å². The molecule has 0 fully saturated rings. The summed E-state index contributed by atoms with van der Waals surface area (Å²) < 4.78 is 41.6. The molecule has 0 amide bonds. The van der Waals surface area contributed by atoms with Crippen LogP contribution in [0, 0.1) is 13.8 Å². The molecule has 0 heterocycles. The molecule has 0 atom stereocenters. The lowest BCUT2D eigenvalue weighted by Crippen LogP contribution is -2.14. The smallest absolute Gasteiger partial charge is 0.441 e. The van der Waals surface area contributed by atoms with Crippen LogP contribution in [0.1, 0.15) is 30.0 Å². The molecule has 0 spiro atoms. The molecule has 0 unspecified atom stereocenters. The Morgan fingerprint density at radius 2 is 1.81 bits per heavy atom. The van der Waals surface area contributed by atoms with Crippen LogP contribution in [0.2, 0.25) is 0 Å². The Bertz CT molecular complexity index is 426. The van der Waals surface area contributed by atoms with Crippen molar-refractivity contribution in [1.29, 1.82) is 0 Å². The second-order valence-corrected chi connectivity index (χ2v) is 6.04. The number of benzene rings is 1. The van der Waals surface area contributed by atoms with Crippen molar-refractivity contribution in [2.24, 2.45) is 0 Å². The number of rotatable bonds is 8. The van der Waals surface area contributed by atoms with Gasteiger partial charge in [-0.1, -0.05) is 19.1 Å². The van der Waals surface area contributed by atoms with Crippen LogP contribution in [0.15, 0.2) is 12.1 Å². The molecular weight excluding hydrogens is 299 g/mol. The van der Waals surface area contributed by atoms with Gasteiger partial charge in [-0.15, -0.1) is 0 Å². The first-order valence-electron chi connectivity index (χ1n) is 6.98. The highest BCUT2D eigenvalue weighted by Crippen LogP contribution is 2.30. The van der Waals surface area contributed by atoms with Crippen molar-refractivity contribution in [3.05, 3.63) is 28.8 Å². The number of thioether (sulfide) groups is 1. The van der Waals surface area contributed by atoms with E-state index in [0.29, 0.717) is 5.75 Å². The zero-order chi connectivity index (χ0) is 15.9. The van der Waals surface area contributed by atoms with Gasteiger partial charge in [-0.05, 0) is 55.3 Å². The fraction of sp³-hybridized carbons (Fsp3) is 0.600. The second kappa shape index (κ2) is 8.54. The van der Waals surface area contributed by atoms with Crippen molar-refractivity contribution in [1.82, 2.24) is 5.32 Å². The lowest BCUT2D eigenvalue weighted by molar-refractivity contribution is -0.0329. The number of alkyl halides is 3. The lowest BCUT2D eigenvalue weighted by Gasteiger charge is -2.14. The Morgan fingerprint density at radius 3 is 2.33 bits per heavy atom. The third-order valence-electron chi connectivity index (χ3n) is 2.87. The highest BCUT2D eigenvalue weighted by Gasteiger charge is 2.27. The van der Waals surface area contributed by atoms with Crippen LogP contribution in [0.4, 0.5) is 13.2 Å². The SMILES string of the molecule is CCCNCc1cc(C)c(OCCSC(F)(F)F)c(C)c1. The molecule has 0 radical (unpaired) electrons. The number of ether oxygens (including phenoxy) is 1. The van der Waals surface area contributed by atoms with Crippen LogP contribution >= 0.6 is 11.8 Å². The summed E-state index contributed by atoms with van der Waals surface area (Å²) in [6.45, 7) is 7.76. The molecule has 6 heteroatoms. The number of hydrogen-bond acceptors (Lipinski definition) is 3. The average Bonchev–Trinajstić information content (AvgIpc) is 2.36. The van der Waals surface area contributed by atoms with E-state index in [1.165, 1.54) is 0 Å². The van der Waals surface area contributed by atoms with Gasteiger partial charge in [0.05, 0.1) is 6.61 Å². The molecule has 120 valence electrons. The van der Waals surface area contributed by atoms with Gasteiger partial charge in [0, 0.05) is 12.3 Å². The molecule has 0 saturated carbocycles. The van der Waals surface area contributed by atoms with Crippen LogP contribution in [-0.4, -0.2) is 24.4 Å². The van der Waals surface area contributed by atoms with E-state index in [1.54, 1.807) is 0 Å². The summed E-state index contributed by atoms with van der Waals surface area (Å²) >= 11 is -0.0537. The predicted octanol–water partition coefficient (Wildman–Crippen LogP) is 4.43. The lowest BCUT2D eigenvalue weighted by atomic mass is 10.1. The van der Waals surface area contributed by atoms with Crippen molar-refractivity contribution < 1.29 is 17.9 Å². The Morgan fingerprint density at radius 1 is 1.19 bits per heavy atom. The number of nitrogens with one attached hydrogen (secondary N) is 1. The number of halogens is 3. The normalized spacial score (nSPS) is 11.7. The van der Waals surface area contributed by atoms with Crippen LogP contribution in [0.3, 0.4) is 0 Å². The summed E-state index contributed by atoms with van der Waals surface area (Å²) in [5.74, 6) is 0.597. The van der Waals surface area contributed by atoms with Gasteiger partial charge >= 0.3 is 5.51 Å². The zero-order valence-electron chi connectivity index (χ0n) is 12.6. The van der Waals surface area contributed by atoms with Crippen molar-refractivity contribution in [3.63, 3.8) is 0 Å². The van der Waals surface area contributed by atoms with Gasteiger partial charge in [0.15, 0.2) is 0 Å².